The summed E-state index contributed by atoms with van der Waals surface area (Å²) in [4.78, 5) is 17.9. The number of anilines is 1. The predicted octanol–water partition coefficient (Wildman–Crippen LogP) is 4.17. The molecule has 0 saturated heterocycles. The number of nitrogens with one attached hydrogen (secondary N) is 1. The first-order valence-electron chi connectivity index (χ1n) is 6.89. The Bertz CT molecular complexity index is 824. The molecule has 1 N–H and O–H groups in total. The highest BCUT2D eigenvalue weighted by molar-refractivity contribution is 9.10. The molecule has 2 aromatic heterocycles. The van der Waals surface area contributed by atoms with E-state index in [9.17, 15) is 4.79 Å². The van der Waals surface area contributed by atoms with E-state index in [4.69, 9.17) is 0 Å². The monoisotopic (exact) mass is 373 g/mol. The lowest BCUT2D eigenvalue weighted by molar-refractivity contribution is -0.116. The smallest absolute Gasteiger partial charge is 0.226 e. The molecule has 4 rings (SSSR count). The lowest BCUT2D eigenvalue weighted by atomic mass is 9.96. The zero-order valence-corrected chi connectivity index (χ0v) is 13.9. The van der Waals surface area contributed by atoms with E-state index in [1.165, 1.54) is 4.88 Å². The van der Waals surface area contributed by atoms with Gasteiger partial charge in [-0.1, -0.05) is 22.0 Å². The summed E-state index contributed by atoms with van der Waals surface area (Å²) in [6.45, 7) is 0. The largest absolute Gasteiger partial charge is 0.310 e. The van der Waals surface area contributed by atoms with E-state index >= 15 is 0 Å². The molecule has 4 nitrogen and oxygen atoms in total. The molecule has 0 unspecified atom stereocenters. The van der Waals surface area contributed by atoms with Crippen LogP contribution in [0.15, 0.2) is 52.6 Å². The topological polar surface area (TPSA) is 46.9 Å². The van der Waals surface area contributed by atoms with E-state index in [-0.39, 0.29) is 11.8 Å². The van der Waals surface area contributed by atoms with Gasteiger partial charge in [-0.05, 0) is 35.7 Å². The van der Waals surface area contributed by atoms with Crippen LogP contribution in [-0.2, 0) is 4.79 Å². The van der Waals surface area contributed by atoms with Crippen LogP contribution in [0.2, 0.25) is 0 Å². The molecule has 0 fully saturated rings. The molecule has 0 radical (unpaired) electrons. The average Bonchev–Trinajstić information content (AvgIpc) is 3.16. The van der Waals surface area contributed by atoms with Crippen molar-refractivity contribution in [2.75, 3.05) is 5.32 Å². The highest BCUT2D eigenvalue weighted by Gasteiger charge is 2.31. The summed E-state index contributed by atoms with van der Waals surface area (Å²) in [6.07, 6.45) is 2.23. The summed E-state index contributed by atoms with van der Waals surface area (Å²) < 4.78 is 2.95. The lowest BCUT2D eigenvalue weighted by Crippen LogP contribution is -2.24. The Morgan fingerprint density at radius 1 is 1.27 bits per heavy atom. The molecule has 110 valence electrons. The van der Waals surface area contributed by atoms with Crippen LogP contribution < -0.4 is 5.32 Å². The van der Waals surface area contributed by atoms with Crippen LogP contribution in [0.25, 0.3) is 5.69 Å². The summed E-state index contributed by atoms with van der Waals surface area (Å²) in [5.41, 5.74) is 1.91. The maximum Gasteiger partial charge on any atom is 0.226 e. The summed E-state index contributed by atoms with van der Waals surface area (Å²) in [7, 11) is 0. The zero-order valence-electron chi connectivity index (χ0n) is 11.5. The third-order valence-electron chi connectivity index (χ3n) is 3.76. The van der Waals surface area contributed by atoms with Gasteiger partial charge in [0.25, 0.3) is 0 Å². The van der Waals surface area contributed by atoms with Crippen molar-refractivity contribution in [3.63, 3.8) is 0 Å². The van der Waals surface area contributed by atoms with E-state index < -0.39 is 0 Å². The van der Waals surface area contributed by atoms with Crippen LogP contribution in [0.5, 0.6) is 0 Å². The number of benzene rings is 1. The molecule has 22 heavy (non-hydrogen) atoms. The van der Waals surface area contributed by atoms with Gasteiger partial charge < -0.3 is 5.32 Å². The Kier molecular flexibility index (Phi) is 3.35. The Hall–Kier alpha value is -1.92. The maximum atomic E-state index is 12.1. The van der Waals surface area contributed by atoms with Crippen molar-refractivity contribution in [3.8, 4) is 5.69 Å². The van der Waals surface area contributed by atoms with Gasteiger partial charge in [0, 0.05) is 27.4 Å². The number of thiophene rings is 1. The number of rotatable bonds is 2. The van der Waals surface area contributed by atoms with Crippen LogP contribution in [0.4, 0.5) is 5.82 Å². The quantitative estimate of drug-likeness (QED) is 0.732. The number of hydrogen-bond acceptors (Lipinski definition) is 3. The molecule has 1 aliphatic rings. The number of aromatic nitrogens is 2. The normalized spacial score (nSPS) is 17.1. The van der Waals surface area contributed by atoms with Gasteiger partial charge in [-0.25, -0.2) is 4.98 Å². The van der Waals surface area contributed by atoms with Crippen LogP contribution in [0.3, 0.4) is 0 Å². The Morgan fingerprint density at radius 3 is 2.82 bits per heavy atom. The van der Waals surface area contributed by atoms with Crippen molar-refractivity contribution in [1.29, 1.82) is 0 Å². The van der Waals surface area contributed by atoms with Crippen LogP contribution in [0, 0.1) is 0 Å². The number of carbonyl (C=O) groups is 1. The molecular weight excluding hydrogens is 362 g/mol. The van der Waals surface area contributed by atoms with Gasteiger partial charge in [-0.2, -0.15) is 0 Å². The molecule has 6 heteroatoms. The number of nitrogens with zero attached hydrogens (tertiary/aromatic N) is 2. The molecular formula is C16H12BrN3OS. The fourth-order valence-corrected chi connectivity index (χ4v) is 3.82. The molecule has 0 spiro atoms. The number of fused-ring (bicyclic) bond motifs is 1. The minimum atomic E-state index is 0.0322. The SMILES string of the molecule is O=C1C[C@H](c2cccs2)c2ncn(-c3ccc(Br)cc3)c2N1. The number of hydrogen-bond donors (Lipinski definition) is 1. The third-order valence-corrected chi connectivity index (χ3v) is 5.28. The second-order valence-corrected chi connectivity index (χ2v) is 7.04. The Balaban J connectivity index is 1.82. The zero-order chi connectivity index (χ0) is 15.1. The summed E-state index contributed by atoms with van der Waals surface area (Å²) >= 11 is 5.10. The molecule has 0 bridgehead atoms. The first-order valence-corrected chi connectivity index (χ1v) is 8.56. The molecule has 0 saturated carbocycles. The number of halogens is 1. The highest BCUT2D eigenvalue weighted by Crippen LogP contribution is 2.38. The van der Waals surface area contributed by atoms with Gasteiger partial charge in [-0.15, -0.1) is 11.3 Å². The second-order valence-electron chi connectivity index (χ2n) is 5.15. The van der Waals surface area contributed by atoms with Crippen molar-refractivity contribution in [2.24, 2.45) is 0 Å². The van der Waals surface area contributed by atoms with Crippen LogP contribution >= 0.6 is 27.3 Å². The second kappa shape index (κ2) is 5.37. The van der Waals surface area contributed by atoms with Crippen molar-refractivity contribution in [1.82, 2.24) is 9.55 Å². The van der Waals surface area contributed by atoms with E-state index in [1.54, 1.807) is 17.7 Å². The van der Waals surface area contributed by atoms with Crippen molar-refractivity contribution in [2.45, 2.75) is 12.3 Å². The molecule has 1 amide bonds. The molecule has 3 heterocycles. The Morgan fingerprint density at radius 2 is 2.09 bits per heavy atom. The van der Waals surface area contributed by atoms with Crippen molar-refractivity contribution >= 4 is 39.0 Å². The van der Waals surface area contributed by atoms with Crippen molar-refractivity contribution < 1.29 is 4.79 Å². The summed E-state index contributed by atoms with van der Waals surface area (Å²) in [5.74, 6) is 0.849. The fraction of sp³-hybridized carbons (Fsp3) is 0.125. The standard InChI is InChI=1S/C16H12BrN3OS/c17-10-3-5-11(6-4-10)20-9-18-15-12(13-2-1-7-22-13)8-14(21)19-16(15)20/h1-7,9,12H,8H2,(H,19,21)/t12-/m1/s1. The van der Waals surface area contributed by atoms with Gasteiger partial charge in [-0.3, -0.25) is 9.36 Å². The summed E-state index contributed by atoms with van der Waals surface area (Å²) in [6, 6.07) is 12.0. The van der Waals surface area contributed by atoms with E-state index in [0.717, 1.165) is 21.7 Å². The first kappa shape index (κ1) is 13.7. The average molecular weight is 374 g/mol. The van der Waals surface area contributed by atoms with E-state index in [2.05, 4.69) is 32.3 Å². The molecule has 1 atom stereocenters. The predicted molar refractivity (Wildman–Crippen MR) is 90.7 cm³/mol. The van der Waals surface area contributed by atoms with Gasteiger partial charge in [0.05, 0.1) is 5.69 Å². The fourth-order valence-electron chi connectivity index (χ4n) is 2.73. The Labute approximate surface area is 139 Å². The van der Waals surface area contributed by atoms with Gasteiger partial charge >= 0.3 is 0 Å². The molecule has 3 aromatic rings. The number of amides is 1. The van der Waals surface area contributed by atoms with Crippen LogP contribution in [-0.4, -0.2) is 15.5 Å². The minimum absolute atomic E-state index is 0.0322. The number of carbonyl (C=O) groups excluding carboxylic acids is 1. The third kappa shape index (κ3) is 2.28. The lowest BCUT2D eigenvalue weighted by Gasteiger charge is -2.22. The van der Waals surface area contributed by atoms with Gasteiger partial charge in [0.2, 0.25) is 5.91 Å². The molecule has 1 aromatic carbocycles. The maximum absolute atomic E-state index is 12.1. The first-order chi connectivity index (χ1) is 10.7. The molecule has 0 aliphatic carbocycles. The minimum Gasteiger partial charge on any atom is -0.310 e. The number of imidazole rings is 1. The van der Waals surface area contributed by atoms with Crippen molar-refractivity contribution in [3.05, 3.63) is 63.1 Å². The van der Waals surface area contributed by atoms with E-state index in [0.29, 0.717) is 6.42 Å². The van der Waals surface area contributed by atoms with E-state index in [1.807, 2.05) is 40.3 Å². The molecule has 1 aliphatic heterocycles. The summed E-state index contributed by atoms with van der Waals surface area (Å²) in [5, 5.41) is 5.00. The van der Waals surface area contributed by atoms with Gasteiger partial charge in [0.1, 0.15) is 12.1 Å². The van der Waals surface area contributed by atoms with Gasteiger partial charge in [0.15, 0.2) is 0 Å². The highest BCUT2D eigenvalue weighted by atomic mass is 79.9. The van der Waals surface area contributed by atoms with Crippen LogP contribution in [0.1, 0.15) is 22.9 Å².